The van der Waals surface area contributed by atoms with Crippen LogP contribution < -0.4 is 5.73 Å². The number of sulfonamides is 1. The quantitative estimate of drug-likeness (QED) is 0.861. The van der Waals surface area contributed by atoms with Crippen LogP contribution in [0.25, 0.3) is 0 Å². The molecule has 5 nitrogen and oxygen atoms in total. The Hall–Kier alpha value is -0.660. The first kappa shape index (κ1) is 14.4. The molecule has 0 aromatic carbocycles. The van der Waals surface area contributed by atoms with Gasteiger partial charge in [0.15, 0.2) is 9.34 Å². The van der Waals surface area contributed by atoms with Gasteiger partial charge in [0.2, 0.25) is 0 Å². The van der Waals surface area contributed by atoms with Gasteiger partial charge in [0.1, 0.15) is 0 Å². The van der Waals surface area contributed by atoms with Crippen LogP contribution in [0, 0.1) is 6.92 Å². The summed E-state index contributed by atoms with van der Waals surface area (Å²) in [5, 5.41) is 0.300. The third-order valence-electron chi connectivity index (χ3n) is 2.29. The van der Waals surface area contributed by atoms with Crippen molar-refractivity contribution in [2.24, 2.45) is 0 Å². The molecule has 0 bridgehead atoms. The van der Waals surface area contributed by atoms with Gasteiger partial charge in [0.05, 0.1) is 5.69 Å². The third kappa shape index (κ3) is 3.17. The number of nitrogens with zero attached hydrogens (tertiary/aromatic N) is 2. The predicted molar refractivity (Wildman–Crippen MR) is 70.6 cm³/mol. The molecule has 7 heteroatoms. The van der Waals surface area contributed by atoms with Crippen LogP contribution in [0.5, 0.6) is 0 Å². The van der Waals surface area contributed by atoms with Crippen molar-refractivity contribution in [2.45, 2.75) is 37.8 Å². The Labute approximate surface area is 107 Å². The molecule has 0 fully saturated rings. The van der Waals surface area contributed by atoms with Crippen molar-refractivity contribution >= 4 is 26.5 Å². The summed E-state index contributed by atoms with van der Waals surface area (Å²) >= 11 is 1.04. The lowest BCUT2D eigenvalue weighted by Gasteiger charge is -2.20. The lowest BCUT2D eigenvalue weighted by Crippen LogP contribution is -2.32. The molecule has 1 rings (SSSR count). The zero-order chi connectivity index (χ0) is 13.1. The van der Waals surface area contributed by atoms with Crippen molar-refractivity contribution in [3.63, 3.8) is 0 Å². The van der Waals surface area contributed by atoms with Gasteiger partial charge in [-0.25, -0.2) is 13.4 Å². The molecule has 2 N–H and O–H groups in total. The van der Waals surface area contributed by atoms with Crippen molar-refractivity contribution in [1.29, 1.82) is 0 Å². The molecule has 1 aromatic rings. The average Bonchev–Trinajstić information content (AvgIpc) is 2.58. The summed E-state index contributed by atoms with van der Waals surface area (Å²) in [5.74, 6) is 0. The summed E-state index contributed by atoms with van der Waals surface area (Å²) in [6.07, 6.45) is 1.60. The first-order valence-electron chi connectivity index (χ1n) is 5.66. The van der Waals surface area contributed by atoms with Gasteiger partial charge in [-0.2, -0.15) is 4.31 Å². The lowest BCUT2D eigenvalue weighted by atomic mass is 10.4. The second-order valence-electron chi connectivity index (χ2n) is 3.83. The number of nitrogens with two attached hydrogens (primary N) is 1. The first-order chi connectivity index (χ1) is 7.93. The van der Waals surface area contributed by atoms with Gasteiger partial charge in [-0.3, -0.25) is 0 Å². The van der Waals surface area contributed by atoms with Crippen LogP contribution in [-0.4, -0.2) is 30.8 Å². The van der Waals surface area contributed by atoms with Crippen molar-refractivity contribution < 1.29 is 8.42 Å². The number of rotatable bonds is 6. The topological polar surface area (TPSA) is 76.3 Å². The van der Waals surface area contributed by atoms with E-state index in [1.807, 2.05) is 13.8 Å². The van der Waals surface area contributed by atoms with Gasteiger partial charge in [-0.15, -0.1) is 0 Å². The Morgan fingerprint density at radius 1 is 1.29 bits per heavy atom. The molecule has 0 aliphatic heterocycles. The molecule has 17 heavy (non-hydrogen) atoms. The van der Waals surface area contributed by atoms with Gasteiger partial charge in [0, 0.05) is 13.1 Å². The van der Waals surface area contributed by atoms with E-state index in [1.54, 1.807) is 6.92 Å². The van der Waals surface area contributed by atoms with Gasteiger partial charge in [-0.1, -0.05) is 25.2 Å². The molecule has 0 radical (unpaired) electrons. The minimum atomic E-state index is -3.43. The van der Waals surface area contributed by atoms with Crippen molar-refractivity contribution in [1.82, 2.24) is 9.29 Å². The second-order valence-corrected chi connectivity index (χ2v) is 6.99. The van der Waals surface area contributed by atoms with Crippen LogP contribution in [0.15, 0.2) is 4.21 Å². The van der Waals surface area contributed by atoms with E-state index in [0.29, 0.717) is 23.9 Å². The maximum atomic E-state index is 12.4. The van der Waals surface area contributed by atoms with Gasteiger partial charge in [-0.05, 0) is 19.8 Å². The summed E-state index contributed by atoms with van der Waals surface area (Å²) in [6, 6.07) is 0. The monoisotopic (exact) mass is 277 g/mol. The number of nitrogen functional groups attached to an aromatic ring is 1. The fraction of sp³-hybridized carbons (Fsp3) is 0.700. The number of anilines is 1. The van der Waals surface area contributed by atoms with E-state index in [9.17, 15) is 8.42 Å². The fourth-order valence-electron chi connectivity index (χ4n) is 1.61. The summed E-state index contributed by atoms with van der Waals surface area (Å²) in [6.45, 7) is 6.68. The molecule has 98 valence electrons. The maximum absolute atomic E-state index is 12.4. The zero-order valence-electron chi connectivity index (χ0n) is 10.4. The third-order valence-corrected chi connectivity index (χ3v) is 5.76. The molecule has 0 spiro atoms. The summed E-state index contributed by atoms with van der Waals surface area (Å²) in [5.41, 5.74) is 6.04. The molecular formula is C10H19N3O2S2. The minimum Gasteiger partial charge on any atom is -0.375 e. The number of hydrogen-bond acceptors (Lipinski definition) is 5. The van der Waals surface area contributed by atoms with E-state index in [1.165, 1.54) is 4.31 Å². The molecule has 0 aliphatic rings. The molecular weight excluding hydrogens is 258 g/mol. The van der Waals surface area contributed by atoms with Crippen LogP contribution in [-0.2, 0) is 10.0 Å². The normalized spacial score (nSPS) is 12.2. The van der Waals surface area contributed by atoms with E-state index >= 15 is 0 Å². The van der Waals surface area contributed by atoms with Crippen LogP contribution >= 0.6 is 11.3 Å². The summed E-state index contributed by atoms with van der Waals surface area (Å²) in [4.78, 5) is 3.97. The van der Waals surface area contributed by atoms with E-state index in [-0.39, 0.29) is 4.21 Å². The number of aromatic nitrogens is 1. The van der Waals surface area contributed by atoms with Gasteiger partial charge < -0.3 is 5.73 Å². The Bertz CT molecular complexity index is 462. The van der Waals surface area contributed by atoms with Crippen LogP contribution in [0.3, 0.4) is 0 Å². The van der Waals surface area contributed by atoms with Crippen LogP contribution in [0.4, 0.5) is 5.13 Å². The molecule has 0 amide bonds. The molecule has 1 aromatic heterocycles. The van der Waals surface area contributed by atoms with E-state index in [2.05, 4.69) is 4.98 Å². The highest BCUT2D eigenvalue weighted by molar-refractivity contribution is 7.91. The SMILES string of the molecule is CCCN(CCC)S(=O)(=O)c1sc(N)nc1C. The predicted octanol–water partition coefficient (Wildman–Crippen LogP) is 1.84. The van der Waals surface area contributed by atoms with Gasteiger partial charge >= 0.3 is 0 Å². The molecule has 0 saturated carbocycles. The molecule has 0 saturated heterocycles. The van der Waals surface area contributed by atoms with Crippen molar-refractivity contribution in [2.75, 3.05) is 18.8 Å². The maximum Gasteiger partial charge on any atom is 0.254 e. The zero-order valence-corrected chi connectivity index (χ0v) is 12.1. The number of thiazole rings is 1. The highest BCUT2D eigenvalue weighted by Gasteiger charge is 2.27. The van der Waals surface area contributed by atoms with Gasteiger partial charge in [0.25, 0.3) is 10.0 Å². The molecule has 0 aliphatic carbocycles. The standard InChI is InChI=1S/C10H19N3O2S2/c1-4-6-13(7-5-2)17(14,15)9-8(3)12-10(11)16-9/h4-7H2,1-3H3,(H2,11,12). The van der Waals surface area contributed by atoms with E-state index < -0.39 is 10.0 Å². The van der Waals surface area contributed by atoms with Crippen molar-refractivity contribution in [3.05, 3.63) is 5.69 Å². The second kappa shape index (κ2) is 5.79. The van der Waals surface area contributed by atoms with Crippen molar-refractivity contribution in [3.8, 4) is 0 Å². The molecule has 1 heterocycles. The largest absolute Gasteiger partial charge is 0.375 e. The highest BCUT2D eigenvalue weighted by atomic mass is 32.2. The molecule has 0 unspecified atom stereocenters. The van der Waals surface area contributed by atoms with E-state index in [4.69, 9.17) is 5.73 Å². The summed E-state index contributed by atoms with van der Waals surface area (Å²) < 4.78 is 26.6. The summed E-state index contributed by atoms with van der Waals surface area (Å²) in [7, 11) is -3.43. The highest BCUT2D eigenvalue weighted by Crippen LogP contribution is 2.28. The number of hydrogen-bond donors (Lipinski definition) is 1. The smallest absolute Gasteiger partial charge is 0.254 e. The van der Waals surface area contributed by atoms with Crippen LogP contribution in [0.1, 0.15) is 32.4 Å². The average molecular weight is 277 g/mol. The Kier molecular flexibility index (Phi) is 4.91. The minimum absolute atomic E-state index is 0.275. The Balaban J connectivity index is 3.11. The lowest BCUT2D eigenvalue weighted by molar-refractivity contribution is 0.411. The van der Waals surface area contributed by atoms with E-state index in [0.717, 1.165) is 24.2 Å². The fourth-order valence-corrected chi connectivity index (χ4v) is 4.67. The number of aryl methyl sites for hydroxylation is 1. The van der Waals surface area contributed by atoms with Crippen LogP contribution in [0.2, 0.25) is 0 Å². The first-order valence-corrected chi connectivity index (χ1v) is 7.92. The molecule has 0 atom stereocenters. The Morgan fingerprint density at radius 2 is 1.82 bits per heavy atom. The Morgan fingerprint density at radius 3 is 2.18 bits per heavy atom.